The lowest BCUT2D eigenvalue weighted by atomic mass is 9.85. The molecule has 0 aromatic carbocycles. The Bertz CT molecular complexity index is 1210. The van der Waals surface area contributed by atoms with Gasteiger partial charge in [-0.15, -0.1) is 0 Å². The van der Waals surface area contributed by atoms with Crippen LogP contribution >= 0.6 is 7.82 Å². The number of esters is 2. The summed E-state index contributed by atoms with van der Waals surface area (Å²) in [6, 6.07) is 0. The van der Waals surface area contributed by atoms with Crippen molar-refractivity contribution < 1.29 is 63.1 Å². The SMILES string of the molecule is CCCCC/C=C\C/C=C\C/C=C\CCCCC(=O)OC[C@H](COP(=O)(O)OC1C(O)C(O)C(O)[C@@H](O)C1O)OC(=O)CCCCCCC/C=C\CCCCCCC. The molecule has 0 spiro atoms. The van der Waals surface area contributed by atoms with Crippen LogP contribution in [0.4, 0.5) is 0 Å². The van der Waals surface area contributed by atoms with E-state index in [9.17, 15) is 44.6 Å². The summed E-state index contributed by atoms with van der Waals surface area (Å²) in [6.07, 6.45) is 26.0. The van der Waals surface area contributed by atoms with Crippen LogP contribution < -0.4 is 0 Å². The van der Waals surface area contributed by atoms with E-state index in [1.165, 1.54) is 51.4 Å². The van der Waals surface area contributed by atoms with Crippen molar-refractivity contribution in [1.82, 2.24) is 0 Å². The second kappa shape index (κ2) is 34.5. The molecule has 0 amide bonds. The number of aliphatic hydroxyl groups excluding tert-OH is 5. The molecule has 336 valence electrons. The average molecular weight is 845 g/mol. The topological polar surface area (TPSA) is 210 Å². The lowest BCUT2D eigenvalue weighted by molar-refractivity contribution is -0.220. The first-order valence-electron chi connectivity index (χ1n) is 21.9. The van der Waals surface area contributed by atoms with Gasteiger partial charge in [-0.25, -0.2) is 4.57 Å². The average Bonchev–Trinajstić information content (AvgIpc) is 3.20. The van der Waals surface area contributed by atoms with Crippen LogP contribution in [0.2, 0.25) is 0 Å². The van der Waals surface area contributed by atoms with E-state index in [0.717, 1.165) is 70.6 Å². The second-order valence-electron chi connectivity index (χ2n) is 15.2. The molecule has 1 rings (SSSR count). The maximum atomic E-state index is 12.8. The largest absolute Gasteiger partial charge is 0.472 e. The summed E-state index contributed by atoms with van der Waals surface area (Å²) in [4.78, 5) is 35.6. The molecule has 6 unspecified atom stereocenters. The van der Waals surface area contributed by atoms with Gasteiger partial charge < -0.3 is 39.9 Å². The van der Waals surface area contributed by atoms with E-state index in [1.807, 2.05) is 0 Å². The third-order valence-electron chi connectivity index (χ3n) is 9.89. The second-order valence-corrected chi connectivity index (χ2v) is 16.6. The Balaban J connectivity index is 2.53. The molecule has 0 saturated heterocycles. The van der Waals surface area contributed by atoms with Crippen LogP contribution in [-0.4, -0.2) is 98.3 Å². The number of phosphoric acid groups is 1. The van der Waals surface area contributed by atoms with Crippen molar-refractivity contribution in [2.24, 2.45) is 0 Å². The maximum Gasteiger partial charge on any atom is 0.472 e. The van der Waals surface area contributed by atoms with Crippen molar-refractivity contribution in [1.29, 1.82) is 0 Å². The highest BCUT2D eigenvalue weighted by Crippen LogP contribution is 2.47. The highest BCUT2D eigenvalue weighted by Gasteiger charge is 2.51. The van der Waals surface area contributed by atoms with Crippen molar-refractivity contribution in [3.8, 4) is 0 Å². The molecular formula is C44H77O13P. The Morgan fingerprint density at radius 3 is 1.50 bits per heavy atom. The highest BCUT2D eigenvalue weighted by atomic mass is 31.2. The summed E-state index contributed by atoms with van der Waals surface area (Å²) in [7, 11) is -5.13. The number of carbonyl (C=O) groups excluding carboxylic acids is 2. The minimum atomic E-state index is -5.13. The molecule has 1 fully saturated rings. The Morgan fingerprint density at radius 2 is 0.931 bits per heavy atom. The van der Waals surface area contributed by atoms with Gasteiger partial charge in [-0.3, -0.25) is 18.6 Å². The van der Waals surface area contributed by atoms with Crippen LogP contribution in [-0.2, 0) is 32.7 Å². The molecule has 1 aliphatic rings. The Morgan fingerprint density at radius 1 is 0.534 bits per heavy atom. The molecule has 0 bridgehead atoms. The van der Waals surface area contributed by atoms with Gasteiger partial charge in [0.1, 0.15) is 43.2 Å². The number of phosphoric ester groups is 1. The number of carbonyl (C=O) groups is 2. The fourth-order valence-corrected chi connectivity index (χ4v) is 7.26. The monoisotopic (exact) mass is 845 g/mol. The third-order valence-corrected chi connectivity index (χ3v) is 10.9. The zero-order valence-corrected chi connectivity index (χ0v) is 36.2. The van der Waals surface area contributed by atoms with E-state index < -0.39 is 75.7 Å². The zero-order valence-electron chi connectivity index (χ0n) is 35.3. The molecule has 14 heteroatoms. The quantitative estimate of drug-likeness (QED) is 0.0155. The van der Waals surface area contributed by atoms with Gasteiger partial charge in [0.2, 0.25) is 0 Å². The van der Waals surface area contributed by atoms with E-state index in [2.05, 4.69) is 62.5 Å². The lowest BCUT2D eigenvalue weighted by Crippen LogP contribution is -2.64. The molecule has 8 atom stereocenters. The molecule has 0 radical (unpaired) electrons. The Labute approximate surface area is 348 Å². The zero-order chi connectivity index (χ0) is 42.9. The number of aliphatic hydroxyl groups is 5. The summed E-state index contributed by atoms with van der Waals surface area (Å²) >= 11 is 0. The van der Waals surface area contributed by atoms with Crippen LogP contribution in [0.25, 0.3) is 0 Å². The van der Waals surface area contributed by atoms with Gasteiger partial charge in [0.15, 0.2) is 6.10 Å². The summed E-state index contributed by atoms with van der Waals surface area (Å²) in [5.74, 6) is -1.16. The van der Waals surface area contributed by atoms with Gasteiger partial charge >= 0.3 is 19.8 Å². The third kappa shape index (κ3) is 26.8. The maximum absolute atomic E-state index is 12.8. The van der Waals surface area contributed by atoms with E-state index in [-0.39, 0.29) is 12.8 Å². The van der Waals surface area contributed by atoms with Crippen molar-refractivity contribution >= 4 is 19.8 Å². The van der Waals surface area contributed by atoms with Gasteiger partial charge in [-0.05, 0) is 77.0 Å². The predicted octanol–water partition coefficient (Wildman–Crippen LogP) is 8.00. The summed E-state index contributed by atoms with van der Waals surface area (Å²) in [5, 5.41) is 50.1. The van der Waals surface area contributed by atoms with Crippen LogP contribution in [0.5, 0.6) is 0 Å². The molecule has 0 aromatic rings. The Hall–Kier alpha value is -2.19. The highest BCUT2D eigenvalue weighted by molar-refractivity contribution is 7.47. The van der Waals surface area contributed by atoms with Gasteiger partial charge in [0, 0.05) is 12.8 Å². The molecule has 6 N–H and O–H groups in total. The molecular weight excluding hydrogens is 767 g/mol. The van der Waals surface area contributed by atoms with Crippen molar-refractivity contribution in [3.05, 3.63) is 48.6 Å². The number of allylic oxidation sites excluding steroid dienone is 8. The first-order valence-corrected chi connectivity index (χ1v) is 23.4. The first-order chi connectivity index (χ1) is 27.9. The smallest absolute Gasteiger partial charge is 0.462 e. The lowest BCUT2D eigenvalue weighted by Gasteiger charge is -2.41. The summed E-state index contributed by atoms with van der Waals surface area (Å²) in [6.45, 7) is 3.20. The number of unbranched alkanes of at least 4 members (excludes halogenated alkanes) is 15. The summed E-state index contributed by atoms with van der Waals surface area (Å²) in [5.41, 5.74) is 0. The molecule has 13 nitrogen and oxygen atoms in total. The molecule has 58 heavy (non-hydrogen) atoms. The summed E-state index contributed by atoms with van der Waals surface area (Å²) < 4.78 is 33.4. The number of rotatable bonds is 35. The molecule has 0 aliphatic heterocycles. The normalized spacial score (nSPS) is 23.0. The van der Waals surface area contributed by atoms with Gasteiger partial charge in [-0.1, -0.05) is 120 Å². The number of ether oxygens (including phenoxy) is 2. The molecule has 1 aliphatic carbocycles. The van der Waals surface area contributed by atoms with Crippen molar-refractivity contribution in [2.75, 3.05) is 13.2 Å². The predicted molar refractivity (Wildman–Crippen MR) is 226 cm³/mol. The molecule has 0 aromatic heterocycles. The van der Waals surface area contributed by atoms with E-state index >= 15 is 0 Å². The minimum Gasteiger partial charge on any atom is -0.462 e. The first kappa shape index (κ1) is 53.8. The van der Waals surface area contributed by atoms with Gasteiger partial charge in [-0.2, -0.15) is 0 Å². The standard InChI is InChI=1S/C44H77O13P/c1-3-5-7-9-11-13-15-17-19-21-22-24-26-28-30-32-37(45)54-34-36(35-55-58(52,53)57-44-42(50)40(48)39(47)41(49)43(44)51)56-38(46)33-31-29-27-25-23-20-18-16-14-12-10-8-6-4-2/h11,13,16-19,22,24,36,39-44,47-51H,3-10,12,14-15,20-21,23,25-35H2,1-2H3,(H,52,53)/b13-11-,18-16-,19-17-,24-22-/t36-,39?,40-,41?,42?,43?,44?/m1/s1. The molecule has 1 saturated carbocycles. The fourth-order valence-electron chi connectivity index (χ4n) is 6.29. The Kier molecular flexibility index (Phi) is 32.0. The molecule has 0 heterocycles. The minimum absolute atomic E-state index is 0.0771. The van der Waals surface area contributed by atoms with Crippen molar-refractivity contribution in [2.45, 2.75) is 204 Å². The van der Waals surface area contributed by atoms with Gasteiger partial charge in [0.05, 0.1) is 6.61 Å². The number of hydrogen-bond donors (Lipinski definition) is 6. The van der Waals surface area contributed by atoms with Crippen LogP contribution in [0, 0.1) is 0 Å². The van der Waals surface area contributed by atoms with Crippen LogP contribution in [0.15, 0.2) is 48.6 Å². The van der Waals surface area contributed by atoms with Crippen LogP contribution in [0.1, 0.15) is 162 Å². The van der Waals surface area contributed by atoms with E-state index in [4.69, 9.17) is 18.5 Å². The van der Waals surface area contributed by atoms with E-state index in [0.29, 0.717) is 12.8 Å². The van der Waals surface area contributed by atoms with Crippen LogP contribution in [0.3, 0.4) is 0 Å². The van der Waals surface area contributed by atoms with Crippen molar-refractivity contribution in [3.63, 3.8) is 0 Å². The van der Waals surface area contributed by atoms with E-state index in [1.54, 1.807) is 0 Å². The van der Waals surface area contributed by atoms with Gasteiger partial charge in [0.25, 0.3) is 0 Å². The fraction of sp³-hybridized carbons (Fsp3) is 0.773. The number of hydrogen-bond acceptors (Lipinski definition) is 12.